The van der Waals surface area contributed by atoms with Crippen LogP contribution in [0.15, 0.2) is 18.2 Å². The fourth-order valence-electron chi connectivity index (χ4n) is 3.33. The van der Waals surface area contributed by atoms with E-state index in [1.807, 2.05) is 0 Å². The molecule has 0 aliphatic heterocycles. The van der Waals surface area contributed by atoms with Gasteiger partial charge in [-0.3, -0.25) is 0 Å². The molecule has 3 heteroatoms. The van der Waals surface area contributed by atoms with E-state index in [1.165, 1.54) is 12.1 Å². The minimum atomic E-state index is -0.961. The average molecular weight is 280 g/mol. The van der Waals surface area contributed by atoms with E-state index < -0.39 is 5.60 Å². The van der Waals surface area contributed by atoms with Gasteiger partial charge in [0.05, 0.1) is 12.7 Å². The topological polar surface area (TPSA) is 29.5 Å². The van der Waals surface area contributed by atoms with Crippen LogP contribution in [0.1, 0.15) is 51.5 Å². The number of ether oxygens (including phenoxy) is 1. The van der Waals surface area contributed by atoms with Crippen molar-refractivity contribution < 1.29 is 14.2 Å². The van der Waals surface area contributed by atoms with E-state index in [-0.39, 0.29) is 5.82 Å². The van der Waals surface area contributed by atoms with Crippen LogP contribution in [0.2, 0.25) is 0 Å². The van der Waals surface area contributed by atoms with Gasteiger partial charge in [0, 0.05) is 5.56 Å². The molecule has 0 saturated heterocycles. The van der Waals surface area contributed by atoms with Crippen molar-refractivity contribution in [2.45, 2.75) is 51.6 Å². The van der Waals surface area contributed by atoms with Gasteiger partial charge in [-0.05, 0) is 55.7 Å². The maximum atomic E-state index is 13.5. The van der Waals surface area contributed by atoms with Gasteiger partial charge in [-0.25, -0.2) is 4.39 Å². The lowest BCUT2D eigenvalue weighted by molar-refractivity contribution is 0.0166. The quantitative estimate of drug-likeness (QED) is 0.838. The third-order valence-electron chi connectivity index (χ3n) is 4.70. The van der Waals surface area contributed by atoms with Crippen molar-refractivity contribution >= 4 is 0 Å². The largest absolute Gasteiger partial charge is 0.496 e. The molecule has 0 heterocycles. The molecule has 1 aliphatic rings. The standard InChI is InChI=1S/C17H25FO2/c1-12(2)13-5-4-9-17(19,10-8-13)15-11-14(18)6-7-16(15)20-3/h6-7,11-13,19H,4-5,8-10H2,1-3H3. The minimum absolute atomic E-state index is 0.320. The molecular weight excluding hydrogens is 255 g/mol. The van der Waals surface area contributed by atoms with E-state index in [2.05, 4.69) is 13.8 Å². The zero-order chi connectivity index (χ0) is 14.8. The average Bonchev–Trinajstić information content (AvgIpc) is 2.62. The minimum Gasteiger partial charge on any atom is -0.496 e. The SMILES string of the molecule is COc1ccc(F)cc1C1(O)CCCC(C(C)C)CC1. The Bertz CT molecular complexity index is 458. The maximum absolute atomic E-state index is 13.5. The van der Waals surface area contributed by atoms with Gasteiger partial charge < -0.3 is 9.84 Å². The molecular formula is C17H25FO2. The summed E-state index contributed by atoms with van der Waals surface area (Å²) in [7, 11) is 1.56. The van der Waals surface area contributed by atoms with Crippen molar-refractivity contribution in [2.75, 3.05) is 7.11 Å². The highest BCUT2D eigenvalue weighted by molar-refractivity contribution is 5.38. The van der Waals surface area contributed by atoms with Crippen molar-refractivity contribution in [2.24, 2.45) is 11.8 Å². The summed E-state index contributed by atoms with van der Waals surface area (Å²) in [6.45, 7) is 4.47. The van der Waals surface area contributed by atoms with Crippen LogP contribution in [-0.4, -0.2) is 12.2 Å². The zero-order valence-electron chi connectivity index (χ0n) is 12.7. The summed E-state index contributed by atoms with van der Waals surface area (Å²) < 4.78 is 18.9. The summed E-state index contributed by atoms with van der Waals surface area (Å²) in [5.41, 5.74) is -0.360. The monoisotopic (exact) mass is 280 g/mol. The number of methoxy groups -OCH3 is 1. The first-order valence-electron chi connectivity index (χ1n) is 7.52. The lowest BCUT2D eigenvalue weighted by atomic mass is 9.84. The lowest BCUT2D eigenvalue weighted by Crippen LogP contribution is -2.26. The Morgan fingerprint density at radius 2 is 2.05 bits per heavy atom. The first-order valence-corrected chi connectivity index (χ1v) is 7.52. The van der Waals surface area contributed by atoms with Crippen molar-refractivity contribution in [1.29, 1.82) is 0 Å². The molecule has 0 radical (unpaired) electrons. The molecule has 1 N–H and O–H groups in total. The van der Waals surface area contributed by atoms with Gasteiger partial charge in [0.2, 0.25) is 0 Å². The highest BCUT2D eigenvalue weighted by atomic mass is 19.1. The van der Waals surface area contributed by atoms with E-state index in [1.54, 1.807) is 13.2 Å². The molecule has 112 valence electrons. The van der Waals surface area contributed by atoms with Crippen molar-refractivity contribution in [1.82, 2.24) is 0 Å². The van der Waals surface area contributed by atoms with Crippen LogP contribution >= 0.6 is 0 Å². The van der Waals surface area contributed by atoms with Crippen LogP contribution in [0.4, 0.5) is 4.39 Å². The molecule has 0 spiro atoms. The summed E-state index contributed by atoms with van der Waals surface area (Å²) in [5.74, 6) is 1.53. The van der Waals surface area contributed by atoms with E-state index in [4.69, 9.17) is 4.74 Å². The van der Waals surface area contributed by atoms with Gasteiger partial charge >= 0.3 is 0 Å². The Labute approximate surface area is 121 Å². The first kappa shape index (κ1) is 15.3. The Morgan fingerprint density at radius 3 is 2.70 bits per heavy atom. The molecule has 1 saturated carbocycles. The van der Waals surface area contributed by atoms with Gasteiger partial charge in [-0.2, -0.15) is 0 Å². The Morgan fingerprint density at radius 1 is 1.30 bits per heavy atom. The Kier molecular flexibility index (Phi) is 4.69. The molecule has 0 aromatic heterocycles. The van der Waals surface area contributed by atoms with Crippen molar-refractivity contribution in [3.63, 3.8) is 0 Å². The summed E-state index contributed by atoms with van der Waals surface area (Å²) >= 11 is 0. The fraction of sp³-hybridized carbons (Fsp3) is 0.647. The van der Waals surface area contributed by atoms with Gasteiger partial charge in [0.25, 0.3) is 0 Å². The van der Waals surface area contributed by atoms with Crippen molar-refractivity contribution in [3.8, 4) is 5.75 Å². The molecule has 2 rings (SSSR count). The number of hydrogen-bond acceptors (Lipinski definition) is 2. The lowest BCUT2D eigenvalue weighted by Gasteiger charge is -2.29. The van der Waals surface area contributed by atoms with Gasteiger partial charge in [0.15, 0.2) is 0 Å². The maximum Gasteiger partial charge on any atom is 0.125 e. The zero-order valence-corrected chi connectivity index (χ0v) is 12.7. The van der Waals surface area contributed by atoms with E-state index >= 15 is 0 Å². The highest BCUT2D eigenvalue weighted by Crippen LogP contribution is 2.43. The molecule has 2 unspecified atom stereocenters. The van der Waals surface area contributed by atoms with Gasteiger partial charge in [0.1, 0.15) is 11.6 Å². The van der Waals surface area contributed by atoms with Crippen LogP contribution in [-0.2, 0) is 5.60 Å². The van der Waals surface area contributed by atoms with Gasteiger partial charge in [-0.15, -0.1) is 0 Å². The number of aliphatic hydroxyl groups is 1. The predicted molar refractivity (Wildman–Crippen MR) is 78.3 cm³/mol. The smallest absolute Gasteiger partial charge is 0.125 e. The molecule has 0 bridgehead atoms. The van der Waals surface area contributed by atoms with Crippen LogP contribution in [0.3, 0.4) is 0 Å². The van der Waals surface area contributed by atoms with Crippen molar-refractivity contribution in [3.05, 3.63) is 29.6 Å². The molecule has 0 amide bonds. The number of halogens is 1. The molecule has 1 fully saturated rings. The summed E-state index contributed by atoms with van der Waals surface area (Å²) in [4.78, 5) is 0. The number of hydrogen-bond donors (Lipinski definition) is 1. The third-order valence-corrected chi connectivity index (χ3v) is 4.70. The van der Waals surface area contributed by atoms with Gasteiger partial charge in [-0.1, -0.05) is 20.3 Å². The molecule has 2 atom stereocenters. The predicted octanol–water partition coefficient (Wildman–Crippen LogP) is 4.26. The van der Waals surface area contributed by atoms with E-state index in [0.717, 1.165) is 19.3 Å². The van der Waals surface area contributed by atoms with Crippen LogP contribution < -0.4 is 4.74 Å². The van der Waals surface area contributed by atoms with Crippen LogP contribution in [0.5, 0.6) is 5.75 Å². The van der Waals surface area contributed by atoms with Crippen LogP contribution in [0.25, 0.3) is 0 Å². The van der Waals surface area contributed by atoms with E-state index in [0.29, 0.717) is 36.0 Å². The second-order valence-corrected chi connectivity index (χ2v) is 6.31. The second kappa shape index (κ2) is 6.13. The summed E-state index contributed by atoms with van der Waals surface area (Å²) in [5, 5.41) is 11.0. The third kappa shape index (κ3) is 3.14. The molecule has 1 aromatic rings. The van der Waals surface area contributed by atoms with E-state index in [9.17, 15) is 9.50 Å². The fourth-order valence-corrected chi connectivity index (χ4v) is 3.33. The normalized spacial score (nSPS) is 27.4. The molecule has 1 aliphatic carbocycles. The first-order chi connectivity index (χ1) is 9.46. The summed E-state index contributed by atoms with van der Waals surface area (Å²) in [6.07, 6.45) is 4.44. The Balaban J connectivity index is 2.28. The molecule has 20 heavy (non-hydrogen) atoms. The summed E-state index contributed by atoms with van der Waals surface area (Å²) in [6, 6.07) is 4.40. The molecule has 2 nitrogen and oxygen atoms in total. The second-order valence-electron chi connectivity index (χ2n) is 6.31. The Hall–Kier alpha value is -1.09. The highest BCUT2D eigenvalue weighted by Gasteiger charge is 2.35. The molecule has 1 aromatic carbocycles. The number of rotatable bonds is 3. The number of benzene rings is 1. The van der Waals surface area contributed by atoms with Crippen LogP contribution in [0, 0.1) is 17.7 Å².